The highest BCUT2D eigenvalue weighted by Crippen LogP contribution is 2.17. The Hall–Kier alpha value is -1.36. The maximum Gasteiger partial charge on any atom is 0.224 e. The zero-order chi connectivity index (χ0) is 12.0. The molecule has 0 aliphatic rings. The van der Waals surface area contributed by atoms with Crippen LogP contribution in [0.15, 0.2) is 6.20 Å². The third kappa shape index (κ3) is 3.06. The lowest BCUT2D eigenvalue weighted by Gasteiger charge is -2.23. The molecule has 0 amide bonds. The Morgan fingerprint density at radius 1 is 1.50 bits per heavy atom. The van der Waals surface area contributed by atoms with Crippen LogP contribution in [0.3, 0.4) is 0 Å². The van der Waals surface area contributed by atoms with E-state index in [4.69, 9.17) is 5.11 Å². The van der Waals surface area contributed by atoms with Crippen LogP contribution in [-0.2, 0) is 0 Å². The van der Waals surface area contributed by atoms with Crippen molar-refractivity contribution in [3.63, 3.8) is 0 Å². The summed E-state index contributed by atoms with van der Waals surface area (Å²) in [6.45, 7) is 5.98. The molecule has 0 spiro atoms. The molecule has 1 rings (SSSR count). The van der Waals surface area contributed by atoms with Crippen LogP contribution in [0.2, 0.25) is 0 Å². The second-order valence-electron chi connectivity index (χ2n) is 3.61. The molecule has 0 fully saturated rings. The van der Waals surface area contributed by atoms with Gasteiger partial charge in [-0.2, -0.15) is 4.98 Å². The average Bonchev–Trinajstić information content (AvgIpc) is 2.32. The number of aliphatic hydroxyl groups excluding tert-OH is 1. The van der Waals surface area contributed by atoms with Gasteiger partial charge in [-0.15, -0.1) is 0 Å². The van der Waals surface area contributed by atoms with Gasteiger partial charge in [-0.05, 0) is 20.3 Å². The maximum atomic E-state index is 8.86. The highest BCUT2D eigenvalue weighted by Gasteiger charge is 2.10. The van der Waals surface area contributed by atoms with E-state index in [-0.39, 0.29) is 6.61 Å². The summed E-state index contributed by atoms with van der Waals surface area (Å²) >= 11 is 0. The van der Waals surface area contributed by atoms with E-state index in [0.717, 1.165) is 30.9 Å². The minimum absolute atomic E-state index is 0.208. The normalized spacial score (nSPS) is 10.2. The maximum absolute atomic E-state index is 8.86. The Kier molecular flexibility index (Phi) is 4.98. The van der Waals surface area contributed by atoms with Gasteiger partial charge < -0.3 is 15.3 Å². The largest absolute Gasteiger partial charge is 0.396 e. The Morgan fingerprint density at radius 3 is 2.81 bits per heavy atom. The molecule has 2 N–H and O–H groups in total. The van der Waals surface area contributed by atoms with Crippen molar-refractivity contribution in [3.8, 4) is 0 Å². The van der Waals surface area contributed by atoms with Gasteiger partial charge in [0.15, 0.2) is 0 Å². The van der Waals surface area contributed by atoms with Crippen molar-refractivity contribution in [1.82, 2.24) is 9.97 Å². The lowest BCUT2D eigenvalue weighted by Crippen LogP contribution is -2.26. The van der Waals surface area contributed by atoms with E-state index < -0.39 is 0 Å². The Labute approximate surface area is 96.5 Å². The minimum atomic E-state index is 0.208. The molecule has 0 aliphatic heterocycles. The van der Waals surface area contributed by atoms with Crippen molar-refractivity contribution in [2.24, 2.45) is 0 Å². The molecule has 1 aromatic rings. The van der Waals surface area contributed by atoms with Crippen molar-refractivity contribution in [1.29, 1.82) is 0 Å². The molecular weight excluding hydrogens is 204 g/mol. The summed E-state index contributed by atoms with van der Waals surface area (Å²) in [6, 6.07) is 0. The van der Waals surface area contributed by atoms with Crippen LogP contribution < -0.4 is 10.2 Å². The molecule has 0 radical (unpaired) electrons. The Bertz CT molecular complexity index is 330. The van der Waals surface area contributed by atoms with Gasteiger partial charge in [0.1, 0.15) is 5.82 Å². The molecule has 0 saturated carbocycles. The van der Waals surface area contributed by atoms with Gasteiger partial charge in [0.25, 0.3) is 0 Å². The summed E-state index contributed by atoms with van der Waals surface area (Å²) in [5.74, 6) is 1.57. The van der Waals surface area contributed by atoms with Gasteiger partial charge in [0, 0.05) is 38.5 Å². The predicted octanol–water partition coefficient (Wildman–Crippen LogP) is 1.04. The van der Waals surface area contributed by atoms with Crippen LogP contribution >= 0.6 is 0 Å². The molecule has 0 unspecified atom stereocenters. The molecule has 0 aromatic carbocycles. The number of hydrogen-bond donors (Lipinski definition) is 2. The molecule has 0 saturated heterocycles. The van der Waals surface area contributed by atoms with Crippen LogP contribution in [-0.4, -0.2) is 41.8 Å². The summed E-state index contributed by atoms with van der Waals surface area (Å²) in [7, 11) is 1.80. The van der Waals surface area contributed by atoms with Gasteiger partial charge in [-0.25, -0.2) is 4.98 Å². The first-order valence-corrected chi connectivity index (χ1v) is 5.60. The number of aromatic nitrogens is 2. The molecule has 0 atom stereocenters. The van der Waals surface area contributed by atoms with Crippen molar-refractivity contribution in [2.45, 2.75) is 20.3 Å². The van der Waals surface area contributed by atoms with Gasteiger partial charge >= 0.3 is 0 Å². The van der Waals surface area contributed by atoms with E-state index in [2.05, 4.69) is 27.1 Å². The third-order valence-corrected chi connectivity index (χ3v) is 2.44. The smallest absolute Gasteiger partial charge is 0.224 e. The molecule has 0 aliphatic carbocycles. The predicted molar refractivity (Wildman–Crippen MR) is 65.9 cm³/mol. The molecule has 5 nitrogen and oxygen atoms in total. The average molecular weight is 224 g/mol. The van der Waals surface area contributed by atoms with Gasteiger partial charge in [-0.1, -0.05) is 0 Å². The second-order valence-corrected chi connectivity index (χ2v) is 3.61. The van der Waals surface area contributed by atoms with E-state index in [9.17, 15) is 0 Å². The minimum Gasteiger partial charge on any atom is -0.396 e. The van der Waals surface area contributed by atoms with E-state index >= 15 is 0 Å². The Morgan fingerprint density at radius 2 is 2.25 bits per heavy atom. The van der Waals surface area contributed by atoms with E-state index in [1.54, 1.807) is 7.05 Å². The monoisotopic (exact) mass is 224 g/mol. The first-order valence-electron chi connectivity index (χ1n) is 5.60. The molecule has 16 heavy (non-hydrogen) atoms. The molecule has 5 heteroatoms. The first kappa shape index (κ1) is 12.7. The third-order valence-electron chi connectivity index (χ3n) is 2.44. The standard InChI is InChI=1S/C11H20N4O/c1-4-15(6-5-7-16)10-9(2)8-13-11(12-3)14-10/h8,16H,4-7H2,1-3H3,(H,12,13,14). The number of anilines is 2. The second kappa shape index (κ2) is 6.27. The molecule has 90 valence electrons. The summed E-state index contributed by atoms with van der Waals surface area (Å²) in [5.41, 5.74) is 1.05. The number of nitrogens with zero attached hydrogens (tertiary/aromatic N) is 3. The van der Waals surface area contributed by atoms with Gasteiger partial charge in [0.05, 0.1) is 0 Å². The summed E-state index contributed by atoms with van der Waals surface area (Å²) in [5, 5.41) is 11.8. The first-order chi connectivity index (χ1) is 7.72. The van der Waals surface area contributed by atoms with E-state index in [1.165, 1.54) is 0 Å². The van der Waals surface area contributed by atoms with Gasteiger partial charge in [-0.3, -0.25) is 0 Å². The van der Waals surface area contributed by atoms with Crippen molar-refractivity contribution < 1.29 is 5.11 Å². The number of aryl methyl sites for hydroxylation is 1. The van der Waals surface area contributed by atoms with Crippen molar-refractivity contribution in [3.05, 3.63) is 11.8 Å². The lowest BCUT2D eigenvalue weighted by atomic mass is 10.3. The zero-order valence-corrected chi connectivity index (χ0v) is 10.2. The van der Waals surface area contributed by atoms with Crippen LogP contribution in [0.25, 0.3) is 0 Å². The summed E-state index contributed by atoms with van der Waals surface area (Å²) < 4.78 is 0. The van der Waals surface area contributed by atoms with Crippen LogP contribution in [0.5, 0.6) is 0 Å². The highest BCUT2D eigenvalue weighted by molar-refractivity contribution is 5.48. The molecular formula is C11H20N4O. The van der Waals surface area contributed by atoms with Gasteiger partial charge in [0.2, 0.25) is 5.95 Å². The summed E-state index contributed by atoms with van der Waals surface area (Å²) in [4.78, 5) is 10.7. The summed E-state index contributed by atoms with van der Waals surface area (Å²) in [6.07, 6.45) is 2.57. The molecule has 1 aromatic heterocycles. The molecule has 0 bridgehead atoms. The fourth-order valence-electron chi connectivity index (χ4n) is 1.55. The number of nitrogens with one attached hydrogen (secondary N) is 1. The van der Waals surface area contributed by atoms with E-state index in [0.29, 0.717) is 5.95 Å². The number of rotatable bonds is 6. The number of aliphatic hydroxyl groups is 1. The fourth-order valence-corrected chi connectivity index (χ4v) is 1.55. The van der Waals surface area contributed by atoms with Crippen molar-refractivity contribution in [2.75, 3.05) is 37.0 Å². The van der Waals surface area contributed by atoms with Crippen LogP contribution in [0.4, 0.5) is 11.8 Å². The Balaban J connectivity index is 2.89. The number of hydrogen-bond acceptors (Lipinski definition) is 5. The highest BCUT2D eigenvalue weighted by atomic mass is 16.3. The lowest BCUT2D eigenvalue weighted by molar-refractivity contribution is 0.289. The SMILES string of the molecule is CCN(CCCO)c1nc(NC)ncc1C. The molecule has 1 heterocycles. The van der Waals surface area contributed by atoms with Crippen LogP contribution in [0, 0.1) is 6.92 Å². The quantitative estimate of drug-likeness (QED) is 0.756. The van der Waals surface area contributed by atoms with E-state index in [1.807, 2.05) is 13.1 Å². The van der Waals surface area contributed by atoms with Crippen molar-refractivity contribution >= 4 is 11.8 Å². The fraction of sp³-hybridized carbons (Fsp3) is 0.636. The van der Waals surface area contributed by atoms with Crippen LogP contribution in [0.1, 0.15) is 18.9 Å². The zero-order valence-electron chi connectivity index (χ0n) is 10.2. The topological polar surface area (TPSA) is 61.3 Å².